The van der Waals surface area contributed by atoms with Gasteiger partial charge >= 0.3 is 0 Å². The van der Waals surface area contributed by atoms with Gasteiger partial charge in [-0.15, -0.1) is 0 Å². The number of ether oxygens (including phenoxy) is 1. The second kappa shape index (κ2) is 5.28. The Bertz CT molecular complexity index is 184. The molecule has 2 bridgehead atoms. The van der Waals surface area contributed by atoms with Gasteiger partial charge in [0, 0.05) is 26.2 Å². The molecule has 2 saturated heterocycles. The van der Waals surface area contributed by atoms with Gasteiger partial charge in [-0.2, -0.15) is 0 Å². The molecule has 0 radical (unpaired) electrons. The summed E-state index contributed by atoms with van der Waals surface area (Å²) in [5.41, 5.74) is 0. The van der Waals surface area contributed by atoms with Gasteiger partial charge in [-0.05, 0) is 25.3 Å². The third-order valence-electron chi connectivity index (χ3n) is 3.28. The van der Waals surface area contributed by atoms with Gasteiger partial charge in [0.1, 0.15) is 0 Å². The Morgan fingerprint density at radius 3 is 2.53 bits per heavy atom. The number of nitrogens with one attached hydrogen (secondary N) is 1. The van der Waals surface area contributed by atoms with Gasteiger partial charge in [-0.3, -0.25) is 4.90 Å². The minimum Gasteiger partial charge on any atom is -0.372 e. The predicted molar refractivity (Wildman–Crippen MR) is 62.0 cm³/mol. The first kappa shape index (κ1) is 11.4. The van der Waals surface area contributed by atoms with Crippen molar-refractivity contribution in [3.63, 3.8) is 0 Å². The van der Waals surface area contributed by atoms with Crippen LogP contribution in [0.3, 0.4) is 0 Å². The van der Waals surface area contributed by atoms with Crippen LogP contribution in [0.5, 0.6) is 0 Å². The Labute approximate surface area is 93.2 Å². The summed E-state index contributed by atoms with van der Waals surface area (Å²) < 4.78 is 5.81. The molecule has 2 fully saturated rings. The number of hydrogen-bond donors (Lipinski definition) is 1. The normalized spacial score (nSPS) is 31.4. The van der Waals surface area contributed by atoms with Crippen molar-refractivity contribution in [1.82, 2.24) is 10.2 Å². The molecular weight excluding hydrogens is 188 g/mol. The average Bonchev–Trinajstić information content (AvgIpc) is 2.53. The summed E-state index contributed by atoms with van der Waals surface area (Å²) >= 11 is 0. The summed E-state index contributed by atoms with van der Waals surface area (Å²) in [7, 11) is 0. The topological polar surface area (TPSA) is 24.5 Å². The van der Waals surface area contributed by atoms with Gasteiger partial charge in [0.25, 0.3) is 0 Å². The molecule has 3 nitrogen and oxygen atoms in total. The van der Waals surface area contributed by atoms with Crippen LogP contribution in [0, 0.1) is 5.92 Å². The summed E-state index contributed by atoms with van der Waals surface area (Å²) in [6, 6.07) is 0. The first-order chi connectivity index (χ1) is 7.24. The molecule has 0 aromatic heterocycles. The molecule has 2 rings (SSSR count). The lowest BCUT2D eigenvalue weighted by molar-refractivity contribution is -0.0376. The van der Waals surface area contributed by atoms with Crippen LogP contribution in [0.15, 0.2) is 0 Å². The summed E-state index contributed by atoms with van der Waals surface area (Å²) in [4.78, 5) is 2.55. The van der Waals surface area contributed by atoms with E-state index < -0.39 is 0 Å². The zero-order valence-electron chi connectivity index (χ0n) is 10.0. The highest BCUT2D eigenvalue weighted by molar-refractivity contribution is 4.84. The SMILES string of the molecule is CC(C)CNCCN1CC2CCC(C1)O2. The molecule has 0 aromatic carbocycles. The van der Waals surface area contributed by atoms with Crippen LogP contribution in [0.1, 0.15) is 26.7 Å². The molecule has 2 heterocycles. The minimum atomic E-state index is 0.536. The monoisotopic (exact) mass is 212 g/mol. The van der Waals surface area contributed by atoms with E-state index in [4.69, 9.17) is 4.74 Å². The predicted octanol–water partition coefficient (Wildman–Crippen LogP) is 1.10. The standard InChI is InChI=1S/C12H24N2O/c1-10(2)7-13-5-6-14-8-11-3-4-12(9-14)15-11/h10-13H,3-9H2,1-2H3. The fourth-order valence-electron chi connectivity index (χ4n) is 2.51. The molecule has 2 unspecified atom stereocenters. The molecule has 15 heavy (non-hydrogen) atoms. The van der Waals surface area contributed by atoms with E-state index in [-0.39, 0.29) is 0 Å². The van der Waals surface area contributed by atoms with E-state index in [1.807, 2.05) is 0 Å². The zero-order valence-corrected chi connectivity index (χ0v) is 10.0. The van der Waals surface area contributed by atoms with Gasteiger partial charge in [0.05, 0.1) is 12.2 Å². The molecule has 2 aliphatic heterocycles. The Balaban J connectivity index is 1.59. The van der Waals surface area contributed by atoms with E-state index in [1.165, 1.54) is 19.4 Å². The maximum atomic E-state index is 5.81. The van der Waals surface area contributed by atoms with Crippen LogP contribution in [0.4, 0.5) is 0 Å². The van der Waals surface area contributed by atoms with E-state index in [9.17, 15) is 0 Å². The highest BCUT2D eigenvalue weighted by Crippen LogP contribution is 2.25. The molecule has 2 aliphatic rings. The van der Waals surface area contributed by atoms with Crippen molar-refractivity contribution in [1.29, 1.82) is 0 Å². The van der Waals surface area contributed by atoms with Crippen molar-refractivity contribution in [2.24, 2.45) is 5.92 Å². The fourth-order valence-corrected chi connectivity index (χ4v) is 2.51. The van der Waals surface area contributed by atoms with Crippen LogP contribution >= 0.6 is 0 Å². The number of nitrogens with zero attached hydrogens (tertiary/aromatic N) is 1. The largest absolute Gasteiger partial charge is 0.372 e. The Kier molecular flexibility index (Phi) is 4.00. The maximum Gasteiger partial charge on any atom is 0.0707 e. The molecule has 0 spiro atoms. The van der Waals surface area contributed by atoms with Gasteiger partial charge in [0.2, 0.25) is 0 Å². The van der Waals surface area contributed by atoms with E-state index in [0.29, 0.717) is 12.2 Å². The van der Waals surface area contributed by atoms with E-state index in [1.54, 1.807) is 0 Å². The summed E-state index contributed by atoms with van der Waals surface area (Å²) in [5.74, 6) is 0.755. The third kappa shape index (κ3) is 3.44. The second-order valence-corrected chi connectivity index (χ2v) is 5.31. The molecule has 0 saturated carbocycles. The van der Waals surface area contributed by atoms with Gasteiger partial charge in [0.15, 0.2) is 0 Å². The smallest absolute Gasteiger partial charge is 0.0707 e. The Morgan fingerprint density at radius 2 is 1.93 bits per heavy atom. The fraction of sp³-hybridized carbons (Fsp3) is 1.00. The molecular formula is C12H24N2O. The Hall–Kier alpha value is -0.120. The third-order valence-corrected chi connectivity index (χ3v) is 3.28. The van der Waals surface area contributed by atoms with Gasteiger partial charge in [-0.25, -0.2) is 0 Å². The molecule has 0 aromatic rings. The summed E-state index contributed by atoms with van der Waals surface area (Å²) in [5, 5.41) is 3.50. The first-order valence-corrected chi connectivity index (χ1v) is 6.32. The maximum absolute atomic E-state index is 5.81. The molecule has 2 atom stereocenters. The van der Waals surface area contributed by atoms with E-state index in [2.05, 4.69) is 24.1 Å². The minimum absolute atomic E-state index is 0.536. The molecule has 3 heteroatoms. The quantitative estimate of drug-likeness (QED) is 0.691. The van der Waals surface area contributed by atoms with Crippen molar-refractivity contribution >= 4 is 0 Å². The number of morpholine rings is 1. The van der Waals surface area contributed by atoms with Crippen molar-refractivity contribution in [3.8, 4) is 0 Å². The number of fused-ring (bicyclic) bond motifs is 2. The van der Waals surface area contributed by atoms with E-state index >= 15 is 0 Å². The van der Waals surface area contributed by atoms with Crippen LogP contribution < -0.4 is 5.32 Å². The summed E-state index contributed by atoms with van der Waals surface area (Å²) in [6.07, 6.45) is 3.63. The molecule has 0 aliphatic carbocycles. The highest BCUT2D eigenvalue weighted by Gasteiger charge is 2.33. The number of rotatable bonds is 5. The zero-order chi connectivity index (χ0) is 10.7. The van der Waals surface area contributed by atoms with Crippen molar-refractivity contribution < 1.29 is 4.74 Å². The number of hydrogen-bond acceptors (Lipinski definition) is 3. The van der Waals surface area contributed by atoms with Crippen LogP contribution in [-0.2, 0) is 4.74 Å². The lowest BCUT2D eigenvalue weighted by Crippen LogP contribution is -2.45. The van der Waals surface area contributed by atoms with Crippen LogP contribution in [-0.4, -0.2) is 49.8 Å². The van der Waals surface area contributed by atoms with Crippen molar-refractivity contribution in [3.05, 3.63) is 0 Å². The Morgan fingerprint density at radius 1 is 1.27 bits per heavy atom. The van der Waals surface area contributed by atoms with Crippen molar-refractivity contribution in [2.45, 2.75) is 38.9 Å². The molecule has 88 valence electrons. The van der Waals surface area contributed by atoms with Gasteiger partial charge < -0.3 is 10.1 Å². The lowest BCUT2D eigenvalue weighted by atomic mass is 10.2. The first-order valence-electron chi connectivity index (χ1n) is 6.32. The summed E-state index contributed by atoms with van der Waals surface area (Å²) in [6.45, 7) is 10.3. The van der Waals surface area contributed by atoms with Gasteiger partial charge in [-0.1, -0.05) is 13.8 Å². The van der Waals surface area contributed by atoms with Crippen LogP contribution in [0.25, 0.3) is 0 Å². The van der Waals surface area contributed by atoms with Crippen LogP contribution in [0.2, 0.25) is 0 Å². The molecule has 0 amide bonds. The second-order valence-electron chi connectivity index (χ2n) is 5.31. The highest BCUT2D eigenvalue weighted by atomic mass is 16.5. The molecule has 1 N–H and O–H groups in total. The van der Waals surface area contributed by atoms with E-state index in [0.717, 1.165) is 32.1 Å². The number of likely N-dealkylation sites (tertiary alicyclic amines) is 1. The van der Waals surface area contributed by atoms with Crippen molar-refractivity contribution in [2.75, 3.05) is 32.7 Å². The average molecular weight is 212 g/mol. The lowest BCUT2D eigenvalue weighted by Gasteiger charge is -2.32.